The van der Waals surface area contributed by atoms with E-state index in [-0.39, 0.29) is 0 Å². The molecule has 2 N–H and O–H groups in total. The average molecular weight is 256 g/mol. The van der Waals surface area contributed by atoms with Gasteiger partial charge in [-0.3, -0.25) is 0 Å². The molecule has 2 aromatic heterocycles. The lowest BCUT2D eigenvalue weighted by Crippen LogP contribution is -2.08. The summed E-state index contributed by atoms with van der Waals surface area (Å²) in [6, 6.07) is 4.01. The summed E-state index contributed by atoms with van der Waals surface area (Å²) < 4.78 is 1.81. The van der Waals surface area contributed by atoms with Crippen LogP contribution in [0.25, 0.3) is 5.82 Å². The number of nitrogen functional groups attached to an aromatic ring is 1. The number of aromatic nitrogens is 3. The number of aryl methyl sites for hydroxylation is 1. The van der Waals surface area contributed by atoms with Crippen LogP contribution >= 0.6 is 0 Å². The molecule has 0 saturated heterocycles. The zero-order chi connectivity index (χ0) is 13.2. The van der Waals surface area contributed by atoms with E-state index in [0.29, 0.717) is 5.92 Å². The minimum absolute atomic E-state index is 0.528. The zero-order valence-corrected chi connectivity index (χ0v) is 11.3. The van der Waals surface area contributed by atoms with Crippen LogP contribution in [0.1, 0.15) is 49.3 Å². The second-order valence-corrected chi connectivity index (χ2v) is 5.44. The molecule has 0 atom stereocenters. The summed E-state index contributed by atoms with van der Waals surface area (Å²) in [4.78, 5) is 4.35. The molecule has 0 bridgehead atoms. The van der Waals surface area contributed by atoms with Gasteiger partial charge in [0.2, 0.25) is 0 Å². The molecule has 4 nitrogen and oxygen atoms in total. The van der Waals surface area contributed by atoms with Crippen molar-refractivity contribution >= 4 is 5.69 Å². The molecule has 1 fully saturated rings. The lowest BCUT2D eigenvalue weighted by Gasteiger charge is -2.19. The molecule has 0 amide bonds. The molecule has 3 rings (SSSR count). The maximum absolute atomic E-state index is 6.14. The first-order chi connectivity index (χ1) is 9.24. The highest BCUT2D eigenvalue weighted by atomic mass is 15.3. The Kier molecular flexibility index (Phi) is 3.23. The Labute approximate surface area is 113 Å². The van der Waals surface area contributed by atoms with Crippen LogP contribution in [0.15, 0.2) is 24.5 Å². The predicted octanol–water partition coefficient (Wildman–Crippen LogP) is 3.21. The van der Waals surface area contributed by atoms with Gasteiger partial charge in [-0.25, -0.2) is 9.67 Å². The minimum atomic E-state index is 0.528. The number of anilines is 1. The Bertz CT molecular complexity index is 567. The maximum atomic E-state index is 6.14. The van der Waals surface area contributed by atoms with Crippen molar-refractivity contribution in [2.24, 2.45) is 0 Å². The Morgan fingerprint density at radius 2 is 2.05 bits per heavy atom. The zero-order valence-electron chi connectivity index (χ0n) is 11.3. The largest absolute Gasteiger partial charge is 0.396 e. The molecule has 0 aliphatic heterocycles. The van der Waals surface area contributed by atoms with E-state index in [9.17, 15) is 0 Å². The molecular formula is C15H20N4. The molecule has 100 valence electrons. The normalized spacial score (nSPS) is 16.7. The fourth-order valence-electron chi connectivity index (χ4n) is 2.86. The first-order valence-corrected chi connectivity index (χ1v) is 7.02. The minimum Gasteiger partial charge on any atom is -0.396 e. The summed E-state index contributed by atoms with van der Waals surface area (Å²) in [6.07, 6.45) is 10.1. The van der Waals surface area contributed by atoms with Crippen LogP contribution in [0.5, 0.6) is 0 Å². The molecule has 1 aliphatic carbocycles. The van der Waals surface area contributed by atoms with Gasteiger partial charge >= 0.3 is 0 Å². The van der Waals surface area contributed by atoms with Gasteiger partial charge < -0.3 is 5.73 Å². The van der Waals surface area contributed by atoms with Crippen LogP contribution in [0.3, 0.4) is 0 Å². The van der Waals surface area contributed by atoms with Gasteiger partial charge in [-0.2, -0.15) is 5.10 Å². The smallest absolute Gasteiger partial charge is 0.153 e. The third-order valence-electron chi connectivity index (χ3n) is 3.90. The fourth-order valence-corrected chi connectivity index (χ4v) is 2.86. The molecule has 1 aliphatic rings. The van der Waals surface area contributed by atoms with Crippen molar-refractivity contribution < 1.29 is 0 Å². The molecule has 1 saturated carbocycles. The molecular weight excluding hydrogens is 236 g/mol. The number of rotatable bonds is 2. The van der Waals surface area contributed by atoms with Crippen LogP contribution in [0.2, 0.25) is 0 Å². The van der Waals surface area contributed by atoms with E-state index >= 15 is 0 Å². The first kappa shape index (κ1) is 12.2. The van der Waals surface area contributed by atoms with Gasteiger partial charge in [0.25, 0.3) is 0 Å². The van der Waals surface area contributed by atoms with Crippen molar-refractivity contribution in [2.75, 3.05) is 5.73 Å². The van der Waals surface area contributed by atoms with E-state index in [1.807, 2.05) is 29.2 Å². The van der Waals surface area contributed by atoms with Crippen LogP contribution in [0.4, 0.5) is 5.69 Å². The summed E-state index contributed by atoms with van der Waals surface area (Å²) in [5.41, 5.74) is 9.17. The maximum Gasteiger partial charge on any atom is 0.153 e. The Morgan fingerprint density at radius 3 is 2.79 bits per heavy atom. The Balaban J connectivity index is 1.92. The van der Waals surface area contributed by atoms with E-state index in [1.54, 1.807) is 0 Å². The van der Waals surface area contributed by atoms with E-state index in [1.165, 1.54) is 37.7 Å². The summed E-state index contributed by atoms with van der Waals surface area (Å²) in [6.45, 7) is 2.06. The second-order valence-electron chi connectivity index (χ2n) is 5.44. The Morgan fingerprint density at radius 1 is 1.26 bits per heavy atom. The van der Waals surface area contributed by atoms with Gasteiger partial charge in [-0.15, -0.1) is 0 Å². The molecule has 0 unspecified atom stereocenters. The van der Waals surface area contributed by atoms with Crippen LogP contribution in [-0.4, -0.2) is 14.8 Å². The van der Waals surface area contributed by atoms with Gasteiger partial charge in [-0.1, -0.05) is 19.3 Å². The van der Waals surface area contributed by atoms with E-state index < -0.39 is 0 Å². The van der Waals surface area contributed by atoms with Gasteiger partial charge in [0.05, 0.1) is 17.6 Å². The van der Waals surface area contributed by atoms with Crippen molar-refractivity contribution in [3.63, 3.8) is 0 Å². The number of pyridine rings is 1. The van der Waals surface area contributed by atoms with E-state index in [2.05, 4.69) is 17.0 Å². The highest BCUT2D eigenvalue weighted by molar-refractivity contribution is 5.45. The van der Waals surface area contributed by atoms with Gasteiger partial charge in [0.1, 0.15) is 0 Å². The Hall–Kier alpha value is -1.84. The van der Waals surface area contributed by atoms with Crippen LogP contribution in [-0.2, 0) is 0 Å². The molecule has 0 spiro atoms. The van der Waals surface area contributed by atoms with Crippen molar-refractivity contribution in [3.8, 4) is 5.82 Å². The molecule has 2 heterocycles. The molecule has 0 aromatic carbocycles. The van der Waals surface area contributed by atoms with E-state index in [0.717, 1.165) is 17.2 Å². The van der Waals surface area contributed by atoms with Crippen LogP contribution in [0, 0.1) is 6.92 Å². The summed E-state index contributed by atoms with van der Waals surface area (Å²) in [5, 5.41) is 4.67. The lowest BCUT2D eigenvalue weighted by atomic mass is 9.86. The predicted molar refractivity (Wildman–Crippen MR) is 76.3 cm³/mol. The highest BCUT2D eigenvalue weighted by Gasteiger charge is 2.21. The monoisotopic (exact) mass is 256 g/mol. The van der Waals surface area contributed by atoms with Crippen molar-refractivity contribution in [2.45, 2.75) is 44.9 Å². The summed E-state index contributed by atoms with van der Waals surface area (Å²) >= 11 is 0. The molecule has 0 radical (unpaired) electrons. The number of nitrogens with zero attached hydrogens (tertiary/aromatic N) is 3. The van der Waals surface area contributed by atoms with Gasteiger partial charge in [0.15, 0.2) is 5.82 Å². The summed E-state index contributed by atoms with van der Waals surface area (Å²) in [5.74, 6) is 1.37. The fraction of sp³-hybridized carbons (Fsp3) is 0.467. The topological polar surface area (TPSA) is 56.7 Å². The standard InChI is InChI=1S/C15H20N4/c1-11-7-8-17-14(9-11)19-10-13(16)15(18-19)12-5-3-2-4-6-12/h7-10,12H,2-6,16H2,1H3. The highest BCUT2D eigenvalue weighted by Crippen LogP contribution is 2.34. The second kappa shape index (κ2) is 5.03. The van der Waals surface area contributed by atoms with E-state index in [4.69, 9.17) is 5.73 Å². The number of nitrogens with two attached hydrogens (primary N) is 1. The molecule has 2 aromatic rings. The van der Waals surface area contributed by atoms with Crippen molar-refractivity contribution in [1.82, 2.24) is 14.8 Å². The first-order valence-electron chi connectivity index (χ1n) is 7.02. The third-order valence-corrected chi connectivity index (χ3v) is 3.90. The number of hydrogen-bond acceptors (Lipinski definition) is 3. The molecule has 4 heteroatoms. The average Bonchev–Trinajstić information content (AvgIpc) is 2.82. The van der Waals surface area contributed by atoms with Gasteiger partial charge in [0, 0.05) is 12.1 Å². The molecule has 19 heavy (non-hydrogen) atoms. The SMILES string of the molecule is Cc1ccnc(-n2cc(N)c(C3CCCCC3)n2)c1. The van der Waals surface area contributed by atoms with Crippen LogP contribution < -0.4 is 5.73 Å². The summed E-state index contributed by atoms with van der Waals surface area (Å²) in [7, 11) is 0. The van der Waals surface area contributed by atoms with Crippen molar-refractivity contribution in [3.05, 3.63) is 35.8 Å². The third kappa shape index (κ3) is 2.48. The quantitative estimate of drug-likeness (QED) is 0.897. The van der Waals surface area contributed by atoms with Crippen molar-refractivity contribution in [1.29, 1.82) is 0 Å². The lowest BCUT2D eigenvalue weighted by molar-refractivity contribution is 0.435. The van der Waals surface area contributed by atoms with Gasteiger partial charge in [-0.05, 0) is 37.5 Å². The number of hydrogen-bond donors (Lipinski definition) is 1.